The fourth-order valence-electron chi connectivity index (χ4n) is 4.74. The Hall–Kier alpha value is -4.87. The fraction of sp³-hybridized carbons (Fsp3) is 0.267. The second-order valence-electron chi connectivity index (χ2n) is 9.95. The van der Waals surface area contributed by atoms with Gasteiger partial charge in [0, 0.05) is 73.1 Å². The number of hydrogen-bond donors (Lipinski definition) is 2. The summed E-state index contributed by atoms with van der Waals surface area (Å²) in [5, 5.41) is 16.7. The van der Waals surface area contributed by atoms with Gasteiger partial charge < -0.3 is 20.2 Å². The third-order valence-corrected chi connectivity index (χ3v) is 6.99. The lowest BCUT2D eigenvalue weighted by Gasteiger charge is -2.36. The molecule has 0 spiro atoms. The summed E-state index contributed by atoms with van der Waals surface area (Å²) in [6.07, 6.45) is 1.90. The van der Waals surface area contributed by atoms with Crippen molar-refractivity contribution < 1.29 is 27.9 Å². The molecule has 2 aromatic heterocycles. The first-order valence-corrected chi connectivity index (χ1v) is 13.5. The summed E-state index contributed by atoms with van der Waals surface area (Å²) in [6, 6.07) is 11.9. The maximum atomic E-state index is 13.8. The number of aromatic nitrogens is 3. The van der Waals surface area contributed by atoms with Crippen LogP contribution in [0, 0.1) is 0 Å². The van der Waals surface area contributed by atoms with E-state index in [1.807, 2.05) is 19.1 Å². The van der Waals surface area contributed by atoms with Gasteiger partial charge in [-0.2, -0.15) is 18.3 Å². The summed E-state index contributed by atoms with van der Waals surface area (Å²) in [7, 11) is 0. The van der Waals surface area contributed by atoms with Crippen molar-refractivity contribution in [2.75, 3.05) is 37.6 Å². The molecule has 2 aromatic carbocycles. The molecular formula is C30H29F3N6O3. The van der Waals surface area contributed by atoms with Crippen molar-refractivity contribution in [3.63, 3.8) is 0 Å². The van der Waals surface area contributed by atoms with Crippen molar-refractivity contribution in [2.24, 2.45) is 0 Å². The van der Waals surface area contributed by atoms with Crippen molar-refractivity contribution in [3.05, 3.63) is 90.0 Å². The van der Waals surface area contributed by atoms with Crippen LogP contribution in [0.2, 0.25) is 0 Å². The summed E-state index contributed by atoms with van der Waals surface area (Å²) in [5.74, 6) is -0.699. The molecule has 1 saturated heterocycles. The van der Waals surface area contributed by atoms with Gasteiger partial charge in [-0.25, -0.2) is 4.68 Å². The van der Waals surface area contributed by atoms with Crippen molar-refractivity contribution in [3.8, 4) is 22.6 Å². The molecular weight excluding hydrogens is 549 g/mol. The standard InChI is InChI=1S/C30H29F3N6O3/c1-2-7-35-28(41)20-3-5-25(6-4-20)37-8-10-38(11-9-37)29(42)21-12-24(30(31,32)33)15-26(13-21)39-19-23(17-36-39)22-14-27(40)18-34-16-22/h3-6,12-19,40H,2,7-11H2,1H3,(H,35,41). The largest absolute Gasteiger partial charge is 0.506 e. The van der Waals surface area contributed by atoms with Gasteiger partial charge in [0.2, 0.25) is 0 Å². The monoisotopic (exact) mass is 578 g/mol. The number of piperazine rings is 1. The number of alkyl halides is 3. The average molecular weight is 579 g/mol. The van der Waals surface area contributed by atoms with Gasteiger partial charge in [-0.3, -0.25) is 14.6 Å². The highest BCUT2D eigenvalue weighted by atomic mass is 19.4. The molecule has 1 aliphatic rings. The Morgan fingerprint density at radius 2 is 1.64 bits per heavy atom. The lowest BCUT2D eigenvalue weighted by atomic mass is 10.1. The van der Waals surface area contributed by atoms with Crippen LogP contribution in [0.15, 0.2) is 73.3 Å². The van der Waals surface area contributed by atoms with E-state index in [1.165, 1.54) is 46.5 Å². The lowest BCUT2D eigenvalue weighted by molar-refractivity contribution is -0.137. The van der Waals surface area contributed by atoms with E-state index in [2.05, 4.69) is 20.3 Å². The maximum Gasteiger partial charge on any atom is 0.416 e. The van der Waals surface area contributed by atoms with E-state index in [4.69, 9.17) is 0 Å². The minimum Gasteiger partial charge on any atom is -0.506 e. The highest BCUT2D eigenvalue weighted by molar-refractivity contribution is 5.95. The van der Waals surface area contributed by atoms with Gasteiger partial charge in [0.15, 0.2) is 0 Å². The van der Waals surface area contributed by atoms with Crippen LogP contribution in [-0.2, 0) is 6.18 Å². The van der Waals surface area contributed by atoms with Crippen molar-refractivity contribution in [1.29, 1.82) is 0 Å². The zero-order valence-corrected chi connectivity index (χ0v) is 22.8. The van der Waals surface area contributed by atoms with Crippen LogP contribution in [0.25, 0.3) is 16.8 Å². The number of benzene rings is 2. The Kier molecular flexibility index (Phi) is 8.14. The summed E-state index contributed by atoms with van der Waals surface area (Å²) < 4.78 is 42.8. The van der Waals surface area contributed by atoms with E-state index in [1.54, 1.807) is 12.1 Å². The molecule has 0 atom stereocenters. The van der Waals surface area contributed by atoms with Crippen LogP contribution < -0.4 is 10.2 Å². The number of nitrogens with zero attached hydrogens (tertiary/aromatic N) is 5. The van der Waals surface area contributed by atoms with Crippen LogP contribution >= 0.6 is 0 Å². The van der Waals surface area contributed by atoms with Crippen molar-refractivity contribution in [2.45, 2.75) is 19.5 Å². The van der Waals surface area contributed by atoms with E-state index in [9.17, 15) is 27.9 Å². The number of nitrogens with one attached hydrogen (secondary N) is 1. The van der Waals surface area contributed by atoms with E-state index >= 15 is 0 Å². The van der Waals surface area contributed by atoms with E-state index < -0.39 is 17.6 Å². The van der Waals surface area contributed by atoms with Crippen LogP contribution in [0.5, 0.6) is 5.75 Å². The molecule has 0 bridgehead atoms. The molecule has 12 heteroatoms. The molecule has 42 heavy (non-hydrogen) atoms. The molecule has 5 rings (SSSR count). The molecule has 2 amide bonds. The number of carbonyl (C=O) groups is 2. The Labute approximate surface area is 240 Å². The molecule has 218 valence electrons. The highest BCUT2D eigenvalue weighted by Crippen LogP contribution is 2.32. The normalized spacial score (nSPS) is 13.7. The summed E-state index contributed by atoms with van der Waals surface area (Å²) in [4.78, 5) is 33.1. The van der Waals surface area contributed by atoms with Crippen molar-refractivity contribution >= 4 is 17.5 Å². The summed E-state index contributed by atoms with van der Waals surface area (Å²) >= 11 is 0. The van der Waals surface area contributed by atoms with Gasteiger partial charge >= 0.3 is 6.18 Å². The molecule has 0 aliphatic carbocycles. The first kappa shape index (κ1) is 28.7. The molecule has 3 heterocycles. The number of halogens is 3. The predicted octanol–water partition coefficient (Wildman–Crippen LogP) is 4.76. The van der Waals surface area contributed by atoms with Gasteiger partial charge in [-0.1, -0.05) is 6.92 Å². The first-order valence-electron chi connectivity index (χ1n) is 13.5. The number of rotatable bonds is 7. The molecule has 9 nitrogen and oxygen atoms in total. The average Bonchev–Trinajstić information content (AvgIpc) is 3.50. The highest BCUT2D eigenvalue weighted by Gasteiger charge is 2.33. The summed E-state index contributed by atoms with van der Waals surface area (Å²) in [6.45, 7) is 4.19. The smallest absolute Gasteiger partial charge is 0.416 e. The predicted molar refractivity (Wildman–Crippen MR) is 151 cm³/mol. The van der Waals surface area contributed by atoms with Gasteiger partial charge in [0.25, 0.3) is 11.8 Å². The molecule has 1 fully saturated rings. The molecule has 1 aliphatic heterocycles. The number of hydrogen-bond acceptors (Lipinski definition) is 6. The summed E-state index contributed by atoms with van der Waals surface area (Å²) in [5.41, 5.74) is 1.56. The minimum absolute atomic E-state index is 0.0564. The fourth-order valence-corrected chi connectivity index (χ4v) is 4.74. The Morgan fingerprint density at radius 1 is 0.905 bits per heavy atom. The molecule has 2 N–H and O–H groups in total. The van der Waals surface area contributed by atoms with E-state index in [-0.39, 0.29) is 22.9 Å². The minimum atomic E-state index is -4.67. The van der Waals surface area contributed by atoms with Crippen LogP contribution in [0.3, 0.4) is 0 Å². The quantitative estimate of drug-likeness (QED) is 0.328. The molecule has 0 radical (unpaired) electrons. The third kappa shape index (κ3) is 6.37. The Morgan fingerprint density at radius 3 is 2.31 bits per heavy atom. The van der Waals surface area contributed by atoms with Crippen LogP contribution in [0.4, 0.5) is 18.9 Å². The number of anilines is 1. The SMILES string of the molecule is CCCNC(=O)c1ccc(N2CCN(C(=O)c3cc(-n4cc(-c5cncc(O)c5)cn4)cc(C(F)(F)F)c3)CC2)cc1. The first-order chi connectivity index (χ1) is 20.1. The zero-order chi connectivity index (χ0) is 29.9. The molecule has 0 saturated carbocycles. The number of pyridine rings is 1. The number of amides is 2. The third-order valence-electron chi connectivity index (χ3n) is 6.99. The maximum absolute atomic E-state index is 13.8. The van der Waals surface area contributed by atoms with Gasteiger partial charge in [-0.05, 0) is 55.0 Å². The lowest BCUT2D eigenvalue weighted by Crippen LogP contribution is -2.48. The molecule has 0 unspecified atom stereocenters. The van der Waals surface area contributed by atoms with E-state index in [0.29, 0.717) is 49.4 Å². The number of aromatic hydroxyl groups is 1. The second-order valence-corrected chi connectivity index (χ2v) is 9.95. The van der Waals surface area contributed by atoms with Gasteiger partial charge in [0.1, 0.15) is 5.75 Å². The Bertz CT molecular complexity index is 1580. The van der Waals surface area contributed by atoms with Crippen LogP contribution in [0.1, 0.15) is 39.6 Å². The van der Waals surface area contributed by atoms with Gasteiger partial charge in [-0.15, -0.1) is 0 Å². The van der Waals surface area contributed by atoms with Crippen LogP contribution in [-0.4, -0.2) is 69.3 Å². The second kappa shape index (κ2) is 11.9. The van der Waals surface area contributed by atoms with Gasteiger partial charge in [0.05, 0.1) is 23.6 Å². The zero-order valence-electron chi connectivity index (χ0n) is 22.8. The van der Waals surface area contributed by atoms with Crippen molar-refractivity contribution in [1.82, 2.24) is 25.0 Å². The Balaban J connectivity index is 1.32. The topological polar surface area (TPSA) is 104 Å². The number of carbonyl (C=O) groups excluding carboxylic acids is 2. The molecule has 4 aromatic rings. The van der Waals surface area contributed by atoms with E-state index in [0.717, 1.165) is 24.2 Å².